The smallest absolute Gasteiger partial charge is 0.273 e. The molecule has 110 valence electrons. The molecule has 0 saturated heterocycles. The molecule has 1 saturated carbocycles. The minimum atomic E-state index is -0.306. The maximum absolute atomic E-state index is 10.9. The van der Waals surface area contributed by atoms with Crippen LogP contribution in [0, 0.1) is 22.0 Å². The monoisotopic (exact) mass is 276 g/mol. The zero-order valence-corrected chi connectivity index (χ0v) is 12.2. The molecule has 4 nitrogen and oxygen atoms in total. The number of nitrogens with one attached hydrogen (secondary N) is 1. The van der Waals surface area contributed by atoms with E-state index in [9.17, 15) is 10.1 Å². The van der Waals surface area contributed by atoms with Gasteiger partial charge < -0.3 is 5.32 Å². The average Bonchev–Trinajstić information content (AvgIpc) is 2.46. The van der Waals surface area contributed by atoms with E-state index in [4.69, 9.17) is 0 Å². The number of benzene rings is 1. The van der Waals surface area contributed by atoms with Gasteiger partial charge in [-0.3, -0.25) is 10.1 Å². The second kappa shape index (κ2) is 7.39. The summed E-state index contributed by atoms with van der Waals surface area (Å²) in [6.07, 6.45) is 6.58. The van der Waals surface area contributed by atoms with Crippen LogP contribution in [0.3, 0.4) is 0 Å². The second-order valence-electron chi connectivity index (χ2n) is 5.98. The van der Waals surface area contributed by atoms with Gasteiger partial charge in [0.1, 0.15) is 0 Å². The molecule has 1 aliphatic carbocycles. The molecule has 4 heteroatoms. The summed E-state index contributed by atoms with van der Waals surface area (Å²) in [4.78, 5) is 10.6. The van der Waals surface area contributed by atoms with Crippen molar-refractivity contribution in [2.75, 3.05) is 6.54 Å². The fraction of sp³-hybridized carbons (Fsp3) is 0.625. The van der Waals surface area contributed by atoms with E-state index in [2.05, 4.69) is 12.2 Å². The van der Waals surface area contributed by atoms with Crippen molar-refractivity contribution in [1.82, 2.24) is 5.32 Å². The van der Waals surface area contributed by atoms with Gasteiger partial charge in [0.25, 0.3) is 5.69 Å². The van der Waals surface area contributed by atoms with E-state index in [0.717, 1.165) is 23.9 Å². The molecule has 0 radical (unpaired) electrons. The van der Waals surface area contributed by atoms with Crippen LogP contribution in [0.1, 0.15) is 44.6 Å². The summed E-state index contributed by atoms with van der Waals surface area (Å²) in [7, 11) is 0. The molecule has 1 aromatic rings. The Morgan fingerprint density at radius 1 is 1.25 bits per heavy atom. The number of para-hydroxylation sites is 1. The Morgan fingerprint density at radius 2 is 1.95 bits per heavy atom. The Labute approximate surface area is 120 Å². The summed E-state index contributed by atoms with van der Waals surface area (Å²) in [6, 6.07) is 6.96. The van der Waals surface area contributed by atoms with E-state index in [1.807, 2.05) is 12.1 Å². The molecule has 2 rings (SSSR count). The molecule has 0 aromatic heterocycles. The van der Waals surface area contributed by atoms with Crippen LogP contribution in [0.15, 0.2) is 24.3 Å². The molecule has 0 bridgehead atoms. The van der Waals surface area contributed by atoms with Gasteiger partial charge in [-0.1, -0.05) is 50.8 Å². The highest BCUT2D eigenvalue weighted by atomic mass is 16.6. The Morgan fingerprint density at radius 3 is 2.65 bits per heavy atom. The highest BCUT2D eigenvalue weighted by molar-refractivity contribution is 5.39. The quantitative estimate of drug-likeness (QED) is 0.487. The highest BCUT2D eigenvalue weighted by Gasteiger charge is 2.17. The summed E-state index contributed by atoms with van der Waals surface area (Å²) in [5.41, 5.74) is 0.987. The van der Waals surface area contributed by atoms with Gasteiger partial charge in [0.15, 0.2) is 0 Å². The fourth-order valence-corrected chi connectivity index (χ4v) is 2.99. The van der Waals surface area contributed by atoms with Crippen LogP contribution in [0.25, 0.3) is 0 Å². The van der Waals surface area contributed by atoms with E-state index in [0.29, 0.717) is 6.54 Å². The number of rotatable bonds is 6. The highest BCUT2D eigenvalue weighted by Crippen LogP contribution is 2.30. The van der Waals surface area contributed by atoms with Crippen LogP contribution < -0.4 is 5.32 Å². The van der Waals surface area contributed by atoms with Gasteiger partial charge >= 0.3 is 0 Å². The first-order chi connectivity index (χ1) is 9.66. The molecule has 1 N–H and O–H groups in total. The van der Waals surface area contributed by atoms with Gasteiger partial charge in [0.05, 0.1) is 4.92 Å². The third-order valence-corrected chi connectivity index (χ3v) is 4.37. The average molecular weight is 276 g/mol. The first-order valence-corrected chi connectivity index (χ1v) is 7.60. The second-order valence-corrected chi connectivity index (χ2v) is 5.98. The third-order valence-electron chi connectivity index (χ3n) is 4.37. The lowest BCUT2D eigenvalue weighted by Crippen LogP contribution is -2.21. The molecule has 1 aromatic carbocycles. The number of nitrogens with zero attached hydrogens (tertiary/aromatic N) is 1. The van der Waals surface area contributed by atoms with E-state index in [1.165, 1.54) is 32.1 Å². The van der Waals surface area contributed by atoms with Gasteiger partial charge in [-0.25, -0.2) is 0 Å². The number of nitro benzene ring substituents is 1. The van der Waals surface area contributed by atoms with Gasteiger partial charge in [0.2, 0.25) is 0 Å². The van der Waals surface area contributed by atoms with Crippen LogP contribution in [-0.4, -0.2) is 11.5 Å². The molecule has 0 unspecified atom stereocenters. The van der Waals surface area contributed by atoms with Gasteiger partial charge in [-0.15, -0.1) is 0 Å². The standard InChI is InChI=1S/C16H24N2O2/c1-13-6-8-14(9-7-13)10-11-17-12-15-4-2-3-5-16(15)18(19)20/h2-5,13-14,17H,6-12H2,1H3. The largest absolute Gasteiger partial charge is 0.312 e. The van der Waals surface area contributed by atoms with Crippen LogP contribution >= 0.6 is 0 Å². The normalized spacial score (nSPS) is 22.6. The Balaban J connectivity index is 1.72. The van der Waals surface area contributed by atoms with Gasteiger partial charge in [0, 0.05) is 18.2 Å². The maximum atomic E-state index is 10.9. The number of hydrogen-bond donors (Lipinski definition) is 1. The Bertz CT molecular complexity index is 440. The van der Waals surface area contributed by atoms with Crippen LogP contribution in [0.4, 0.5) is 5.69 Å². The third kappa shape index (κ3) is 4.30. The lowest BCUT2D eigenvalue weighted by atomic mass is 9.81. The molecule has 1 fully saturated rings. The van der Waals surface area contributed by atoms with Crippen molar-refractivity contribution >= 4 is 5.69 Å². The Hall–Kier alpha value is -1.42. The molecule has 0 amide bonds. The number of nitro groups is 1. The molecule has 1 aliphatic rings. The SMILES string of the molecule is CC1CCC(CCNCc2ccccc2[N+](=O)[O-])CC1. The lowest BCUT2D eigenvalue weighted by Gasteiger charge is -2.26. The summed E-state index contributed by atoms with van der Waals surface area (Å²) in [6.45, 7) is 3.87. The first-order valence-electron chi connectivity index (χ1n) is 7.60. The molecule has 0 spiro atoms. The summed E-state index contributed by atoms with van der Waals surface area (Å²) in [5, 5.41) is 14.3. The lowest BCUT2D eigenvalue weighted by molar-refractivity contribution is -0.385. The van der Waals surface area contributed by atoms with Crippen molar-refractivity contribution in [2.24, 2.45) is 11.8 Å². The van der Waals surface area contributed by atoms with Gasteiger partial charge in [-0.05, 0) is 24.8 Å². The molecular weight excluding hydrogens is 252 g/mol. The van der Waals surface area contributed by atoms with E-state index in [1.54, 1.807) is 12.1 Å². The minimum absolute atomic E-state index is 0.214. The van der Waals surface area contributed by atoms with Crippen molar-refractivity contribution in [3.8, 4) is 0 Å². The van der Waals surface area contributed by atoms with Crippen LogP contribution in [0.5, 0.6) is 0 Å². The summed E-state index contributed by atoms with van der Waals surface area (Å²) >= 11 is 0. The molecule has 0 aliphatic heterocycles. The van der Waals surface area contributed by atoms with Crippen molar-refractivity contribution in [3.63, 3.8) is 0 Å². The van der Waals surface area contributed by atoms with Crippen molar-refractivity contribution < 1.29 is 4.92 Å². The Kier molecular flexibility index (Phi) is 5.53. The van der Waals surface area contributed by atoms with Crippen LogP contribution in [-0.2, 0) is 6.54 Å². The predicted octanol–water partition coefficient (Wildman–Crippen LogP) is 3.90. The predicted molar refractivity (Wildman–Crippen MR) is 80.5 cm³/mol. The van der Waals surface area contributed by atoms with Crippen molar-refractivity contribution in [3.05, 3.63) is 39.9 Å². The fourth-order valence-electron chi connectivity index (χ4n) is 2.99. The topological polar surface area (TPSA) is 55.2 Å². The maximum Gasteiger partial charge on any atom is 0.273 e. The molecule has 0 heterocycles. The minimum Gasteiger partial charge on any atom is -0.312 e. The molecule has 0 atom stereocenters. The summed E-state index contributed by atoms with van der Waals surface area (Å²) < 4.78 is 0. The number of hydrogen-bond acceptors (Lipinski definition) is 3. The zero-order chi connectivity index (χ0) is 14.4. The molecular formula is C16H24N2O2. The van der Waals surface area contributed by atoms with Gasteiger partial charge in [-0.2, -0.15) is 0 Å². The summed E-state index contributed by atoms with van der Waals surface area (Å²) in [5.74, 6) is 1.73. The van der Waals surface area contributed by atoms with E-state index < -0.39 is 0 Å². The van der Waals surface area contributed by atoms with E-state index >= 15 is 0 Å². The zero-order valence-electron chi connectivity index (χ0n) is 12.2. The first kappa shape index (κ1) is 15.0. The van der Waals surface area contributed by atoms with Crippen molar-refractivity contribution in [2.45, 2.75) is 45.6 Å². The molecule has 20 heavy (non-hydrogen) atoms. The van der Waals surface area contributed by atoms with Crippen LogP contribution in [0.2, 0.25) is 0 Å². The van der Waals surface area contributed by atoms with Crippen molar-refractivity contribution in [1.29, 1.82) is 0 Å². The van der Waals surface area contributed by atoms with E-state index in [-0.39, 0.29) is 10.6 Å².